The first kappa shape index (κ1) is 14.3. The molecular weight excluding hydrogens is 383 g/mol. The molecule has 0 aromatic heterocycles. The van der Waals surface area contributed by atoms with Crippen LogP contribution in [0.4, 0.5) is 0 Å². The maximum atomic E-state index is 5.57. The van der Waals surface area contributed by atoms with E-state index < -0.39 is 0 Å². The average molecular weight is 399 g/mol. The molecule has 0 saturated carbocycles. The van der Waals surface area contributed by atoms with Crippen LogP contribution < -0.4 is 4.74 Å². The summed E-state index contributed by atoms with van der Waals surface area (Å²) in [5, 5.41) is 0. The van der Waals surface area contributed by atoms with E-state index in [2.05, 4.69) is 45.4 Å². The van der Waals surface area contributed by atoms with E-state index in [4.69, 9.17) is 9.47 Å². The standard InChI is InChI=1S/C12H16BrIO2/c1-2-3-6-15-7-8-16-10-4-5-11(13)12(14)9-10/h4-5,9H,2-3,6-8H2,1H3. The molecule has 0 radical (unpaired) electrons. The lowest BCUT2D eigenvalue weighted by Crippen LogP contribution is -2.07. The molecule has 0 spiro atoms. The minimum absolute atomic E-state index is 0.613. The quantitative estimate of drug-likeness (QED) is 0.505. The third-order valence-electron chi connectivity index (χ3n) is 2.03. The Kier molecular flexibility index (Phi) is 7.40. The van der Waals surface area contributed by atoms with E-state index in [1.807, 2.05) is 18.2 Å². The Morgan fingerprint density at radius 3 is 2.75 bits per heavy atom. The Labute approximate surface area is 119 Å². The van der Waals surface area contributed by atoms with Crippen molar-refractivity contribution in [2.24, 2.45) is 0 Å². The van der Waals surface area contributed by atoms with Gasteiger partial charge < -0.3 is 9.47 Å². The molecule has 1 aromatic carbocycles. The highest BCUT2D eigenvalue weighted by atomic mass is 127. The van der Waals surface area contributed by atoms with Gasteiger partial charge in [-0.05, 0) is 63.1 Å². The highest BCUT2D eigenvalue weighted by Gasteiger charge is 1.99. The van der Waals surface area contributed by atoms with E-state index in [1.165, 1.54) is 6.42 Å². The van der Waals surface area contributed by atoms with Gasteiger partial charge in [-0.2, -0.15) is 0 Å². The number of halogens is 2. The van der Waals surface area contributed by atoms with Crippen molar-refractivity contribution in [3.63, 3.8) is 0 Å². The minimum atomic E-state index is 0.613. The number of rotatable bonds is 7. The summed E-state index contributed by atoms with van der Waals surface area (Å²) in [6, 6.07) is 5.96. The van der Waals surface area contributed by atoms with Gasteiger partial charge in [0.25, 0.3) is 0 Å². The van der Waals surface area contributed by atoms with Crippen LogP contribution in [-0.2, 0) is 4.74 Å². The fourth-order valence-electron chi connectivity index (χ4n) is 1.13. The van der Waals surface area contributed by atoms with Crippen LogP contribution in [0.2, 0.25) is 0 Å². The van der Waals surface area contributed by atoms with Gasteiger partial charge in [0.1, 0.15) is 12.4 Å². The topological polar surface area (TPSA) is 18.5 Å². The lowest BCUT2D eigenvalue weighted by atomic mass is 10.3. The summed E-state index contributed by atoms with van der Waals surface area (Å²) in [7, 11) is 0. The fourth-order valence-corrected chi connectivity index (χ4v) is 1.87. The predicted molar refractivity (Wildman–Crippen MR) is 78.1 cm³/mol. The van der Waals surface area contributed by atoms with Crippen LogP contribution >= 0.6 is 38.5 Å². The zero-order valence-electron chi connectivity index (χ0n) is 9.34. The first-order chi connectivity index (χ1) is 7.74. The molecule has 1 rings (SSSR count). The van der Waals surface area contributed by atoms with Gasteiger partial charge in [-0.1, -0.05) is 13.3 Å². The van der Waals surface area contributed by atoms with Gasteiger partial charge in [-0.25, -0.2) is 0 Å². The summed E-state index contributed by atoms with van der Waals surface area (Å²) in [5.41, 5.74) is 0. The molecule has 0 aliphatic rings. The Hall–Kier alpha value is 0.190. The number of hydrogen-bond donors (Lipinski definition) is 0. The summed E-state index contributed by atoms with van der Waals surface area (Å²) in [6.45, 7) is 4.26. The van der Waals surface area contributed by atoms with Crippen molar-refractivity contribution in [2.75, 3.05) is 19.8 Å². The monoisotopic (exact) mass is 398 g/mol. The smallest absolute Gasteiger partial charge is 0.120 e. The first-order valence-electron chi connectivity index (χ1n) is 5.39. The lowest BCUT2D eigenvalue weighted by Gasteiger charge is -2.07. The highest BCUT2D eigenvalue weighted by molar-refractivity contribution is 14.1. The summed E-state index contributed by atoms with van der Waals surface area (Å²) >= 11 is 5.72. The molecule has 0 heterocycles. The van der Waals surface area contributed by atoms with Crippen molar-refractivity contribution < 1.29 is 9.47 Å². The van der Waals surface area contributed by atoms with E-state index >= 15 is 0 Å². The molecule has 0 fully saturated rings. The Balaban J connectivity index is 2.19. The molecule has 2 nitrogen and oxygen atoms in total. The molecule has 0 amide bonds. The van der Waals surface area contributed by atoms with Crippen molar-refractivity contribution in [3.05, 3.63) is 26.2 Å². The van der Waals surface area contributed by atoms with E-state index in [1.54, 1.807) is 0 Å². The van der Waals surface area contributed by atoms with Crippen LogP contribution in [0.1, 0.15) is 19.8 Å². The molecule has 16 heavy (non-hydrogen) atoms. The first-order valence-corrected chi connectivity index (χ1v) is 7.27. The number of ether oxygens (including phenoxy) is 2. The number of unbranched alkanes of at least 4 members (excludes halogenated alkanes) is 1. The van der Waals surface area contributed by atoms with Crippen LogP contribution in [0.15, 0.2) is 22.7 Å². The van der Waals surface area contributed by atoms with Crippen molar-refractivity contribution in [3.8, 4) is 5.75 Å². The fraction of sp³-hybridized carbons (Fsp3) is 0.500. The molecular formula is C12H16BrIO2. The van der Waals surface area contributed by atoms with Gasteiger partial charge in [0.2, 0.25) is 0 Å². The van der Waals surface area contributed by atoms with E-state index in [9.17, 15) is 0 Å². The molecule has 0 aliphatic carbocycles. The Bertz CT molecular complexity index is 318. The van der Waals surface area contributed by atoms with Gasteiger partial charge in [-0.15, -0.1) is 0 Å². The van der Waals surface area contributed by atoms with Crippen molar-refractivity contribution >= 4 is 38.5 Å². The highest BCUT2D eigenvalue weighted by Crippen LogP contribution is 2.23. The van der Waals surface area contributed by atoms with Crippen molar-refractivity contribution in [1.29, 1.82) is 0 Å². The maximum Gasteiger partial charge on any atom is 0.120 e. The minimum Gasteiger partial charge on any atom is -0.491 e. The molecule has 1 aromatic rings. The molecule has 0 saturated heterocycles. The largest absolute Gasteiger partial charge is 0.491 e. The van der Waals surface area contributed by atoms with Crippen LogP contribution in [0.25, 0.3) is 0 Å². The third-order valence-corrected chi connectivity index (χ3v) is 4.35. The van der Waals surface area contributed by atoms with Crippen LogP contribution in [0.5, 0.6) is 5.75 Å². The molecule has 0 N–H and O–H groups in total. The second-order valence-corrected chi connectivity index (χ2v) is 5.41. The van der Waals surface area contributed by atoms with Gasteiger partial charge in [-0.3, -0.25) is 0 Å². The van der Waals surface area contributed by atoms with Gasteiger partial charge in [0.05, 0.1) is 6.61 Å². The molecule has 0 aliphatic heterocycles. The van der Waals surface area contributed by atoms with Crippen LogP contribution in [0, 0.1) is 3.57 Å². The molecule has 4 heteroatoms. The zero-order chi connectivity index (χ0) is 11.8. The summed E-state index contributed by atoms with van der Waals surface area (Å²) < 4.78 is 13.2. The maximum absolute atomic E-state index is 5.57. The van der Waals surface area contributed by atoms with E-state index in [0.29, 0.717) is 13.2 Å². The normalized spacial score (nSPS) is 10.4. The lowest BCUT2D eigenvalue weighted by molar-refractivity contribution is 0.0980. The summed E-state index contributed by atoms with van der Waals surface area (Å²) in [5.74, 6) is 0.895. The molecule has 90 valence electrons. The Morgan fingerprint density at radius 2 is 2.06 bits per heavy atom. The molecule has 0 bridgehead atoms. The SMILES string of the molecule is CCCCOCCOc1ccc(Br)c(I)c1. The predicted octanol–water partition coefficient (Wildman–Crippen LogP) is 4.25. The molecule has 0 unspecified atom stereocenters. The Morgan fingerprint density at radius 1 is 1.25 bits per heavy atom. The summed E-state index contributed by atoms with van der Waals surface area (Å²) in [6.07, 6.45) is 2.29. The van der Waals surface area contributed by atoms with E-state index in [0.717, 1.165) is 26.8 Å². The molecule has 0 atom stereocenters. The van der Waals surface area contributed by atoms with Crippen molar-refractivity contribution in [2.45, 2.75) is 19.8 Å². The van der Waals surface area contributed by atoms with Crippen LogP contribution in [-0.4, -0.2) is 19.8 Å². The van der Waals surface area contributed by atoms with Crippen molar-refractivity contribution in [1.82, 2.24) is 0 Å². The summed E-state index contributed by atoms with van der Waals surface area (Å²) in [4.78, 5) is 0. The second kappa shape index (κ2) is 8.31. The van der Waals surface area contributed by atoms with E-state index in [-0.39, 0.29) is 0 Å². The number of benzene rings is 1. The average Bonchev–Trinajstić information content (AvgIpc) is 2.28. The second-order valence-electron chi connectivity index (χ2n) is 3.39. The third kappa shape index (κ3) is 5.50. The van der Waals surface area contributed by atoms with Gasteiger partial charge in [0, 0.05) is 14.6 Å². The van der Waals surface area contributed by atoms with Gasteiger partial charge in [0.15, 0.2) is 0 Å². The van der Waals surface area contributed by atoms with Gasteiger partial charge >= 0.3 is 0 Å². The number of hydrogen-bond acceptors (Lipinski definition) is 2. The van der Waals surface area contributed by atoms with Crippen LogP contribution in [0.3, 0.4) is 0 Å². The zero-order valence-corrected chi connectivity index (χ0v) is 13.1.